The molecule has 208 valence electrons. The Labute approximate surface area is 215 Å². The molecule has 1 fully saturated rings. The highest BCUT2D eigenvalue weighted by atomic mass is 32.2. The lowest BCUT2D eigenvalue weighted by molar-refractivity contribution is -0.119. The number of amides is 2. The van der Waals surface area contributed by atoms with Gasteiger partial charge in [-0.05, 0) is 34.6 Å². The molecule has 0 aliphatic carbocycles. The number of carbonyl (C=O) groups is 2. The number of hydrogen-bond acceptors (Lipinski definition) is 11. The molecule has 2 amide bonds. The molecule has 2 rings (SSSR count). The minimum atomic E-state index is -3.90. The van der Waals surface area contributed by atoms with Gasteiger partial charge in [-0.2, -0.15) is 4.99 Å². The third-order valence-electron chi connectivity index (χ3n) is 5.66. The van der Waals surface area contributed by atoms with Gasteiger partial charge in [0.15, 0.2) is 17.2 Å². The molecule has 0 aromatic rings. The normalized spacial score (nSPS) is 28.8. The summed E-state index contributed by atoms with van der Waals surface area (Å²) in [6.45, 7) is 7.39. The van der Waals surface area contributed by atoms with Crippen LogP contribution in [0.1, 0.15) is 41.0 Å². The average Bonchev–Trinajstić information content (AvgIpc) is 3.03. The van der Waals surface area contributed by atoms with Crippen molar-refractivity contribution in [3.8, 4) is 0 Å². The van der Waals surface area contributed by atoms with Crippen molar-refractivity contribution in [2.45, 2.75) is 71.1 Å². The second kappa shape index (κ2) is 12.6. The van der Waals surface area contributed by atoms with Crippen molar-refractivity contribution in [3.05, 3.63) is 0 Å². The van der Waals surface area contributed by atoms with Crippen molar-refractivity contribution < 1.29 is 48.0 Å². The Bertz CT molecular complexity index is 869. The molecular weight excluding hydrogens is 517 g/mol. The molecule has 0 aromatic heterocycles. The molecular formula is C21H38N3O10PS. The lowest BCUT2D eigenvalue weighted by atomic mass is 9.96. The summed E-state index contributed by atoms with van der Waals surface area (Å²) < 4.78 is 35.0. The van der Waals surface area contributed by atoms with Crippen LogP contribution in [0.15, 0.2) is 4.99 Å². The van der Waals surface area contributed by atoms with Gasteiger partial charge in [0.25, 0.3) is 0 Å². The van der Waals surface area contributed by atoms with Crippen molar-refractivity contribution in [1.29, 1.82) is 0 Å². The molecule has 2 aliphatic rings. The van der Waals surface area contributed by atoms with Gasteiger partial charge in [-0.25, -0.2) is 14.4 Å². The average molecular weight is 556 g/mol. The Balaban J connectivity index is 2.00. The van der Waals surface area contributed by atoms with Crippen molar-refractivity contribution in [1.82, 2.24) is 9.99 Å². The van der Waals surface area contributed by atoms with Crippen LogP contribution in [0.2, 0.25) is 0 Å². The van der Waals surface area contributed by atoms with E-state index in [1.165, 1.54) is 18.9 Å². The second-order valence-electron chi connectivity index (χ2n) is 9.72. The Kier molecular flexibility index (Phi) is 10.9. The summed E-state index contributed by atoms with van der Waals surface area (Å²) in [7, 11) is -2.49. The fourth-order valence-corrected chi connectivity index (χ4v) is 5.94. The molecule has 36 heavy (non-hydrogen) atoms. The van der Waals surface area contributed by atoms with E-state index in [4.69, 9.17) is 18.5 Å². The lowest BCUT2D eigenvalue weighted by Gasteiger charge is -2.36. The number of aliphatic imine (C=N–C) groups is 1. The molecule has 15 heteroatoms. The Morgan fingerprint density at radius 3 is 2.64 bits per heavy atom. The number of aliphatic hydroxyl groups excluding tert-OH is 2. The van der Waals surface area contributed by atoms with Gasteiger partial charge in [0.2, 0.25) is 0 Å². The van der Waals surface area contributed by atoms with Crippen LogP contribution < -0.4 is 5.09 Å². The largest absolute Gasteiger partial charge is 0.484 e. The predicted octanol–water partition coefficient (Wildman–Crippen LogP) is 1.11. The van der Waals surface area contributed by atoms with Crippen LogP contribution in [0.5, 0.6) is 0 Å². The fraction of sp³-hybridized carbons (Fsp3) is 0.857. The van der Waals surface area contributed by atoms with E-state index in [2.05, 4.69) is 10.1 Å². The van der Waals surface area contributed by atoms with E-state index >= 15 is 0 Å². The van der Waals surface area contributed by atoms with E-state index in [-0.39, 0.29) is 42.6 Å². The minimum Gasteiger partial charge on any atom is -0.484 e. The first-order chi connectivity index (χ1) is 16.7. The maximum atomic E-state index is 13.3. The maximum absolute atomic E-state index is 13.3. The summed E-state index contributed by atoms with van der Waals surface area (Å²) >= 11 is 0.946. The van der Waals surface area contributed by atoms with E-state index in [0.717, 1.165) is 11.8 Å². The highest BCUT2D eigenvalue weighted by Crippen LogP contribution is 2.46. The SMILES string of the molecule is COC1=NC(=O)N([C@@H]2O[C@H](COP(=O)(NC(C)C)OCCSC(=O)C(C)(C)CO)[C@@H](O)[C@@]2(C)O)CC1. The molecule has 13 nitrogen and oxygen atoms in total. The number of hydrogen-bond donors (Lipinski definition) is 4. The van der Waals surface area contributed by atoms with E-state index in [0.29, 0.717) is 6.42 Å². The minimum absolute atomic E-state index is 0.0918. The topological polar surface area (TPSA) is 176 Å². The van der Waals surface area contributed by atoms with Crippen LogP contribution in [0.4, 0.5) is 4.79 Å². The predicted molar refractivity (Wildman–Crippen MR) is 133 cm³/mol. The fourth-order valence-electron chi connectivity index (χ4n) is 3.47. The van der Waals surface area contributed by atoms with Gasteiger partial charge in [0.1, 0.15) is 17.8 Å². The number of carbonyl (C=O) groups excluding carboxylic acids is 2. The molecule has 0 saturated carbocycles. The van der Waals surface area contributed by atoms with Gasteiger partial charge in [-0.1, -0.05) is 11.8 Å². The smallest absolute Gasteiger partial charge is 0.405 e. The van der Waals surface area contributed by atoms with E-state index in [1.807, 2.05) is 0 Å². The first-order valence-corrected chi connectivity index (χ1v) is 14.1. The number of rotatable bonds is 12. The second-order valence-corrected chi connectivity index (χ2v) is 12.6. The molecule has 5 atom stereocenters. The molecule has 1 unspecified atom stereocenters. The van der Waals surface area contributed by atoms with Crippen LogP contribution in [0.3, 0.4) is 0 Å². The summed E-state index contributed by atoms with van der Waals surface area (Å²) in [4.78, 5) is 29.5. The van der Waals surface area contributed by atoms with Crippen molar-refractivity contribution >= 4 is 36.6 Å². The van der Waals surface area contributed by atoms with E-state index in [9.17, 15) is 29.5 Å². The monoisotopic (exact) mass is 555 g/mol. The van der Waals surface area contributed by atoms with Gasteiger partial charge in [-0.3, -0.25) is 18.7 Å². The summed E-state index contributed by atoms with van der Waals surface area (Å²) in [5, 5.41) is 33.4. The zero-order valence-corrected chi connectivity index (χ0v) is 23.2. The third-order valence-corrected chi connectivity index (χ3v) is 8.69. The first kappa shape index (κ1) is 31.1. The van der Waals surface area contributed by atoms with Crippen molar-refractivity contribution in [3.63, 3.8) is 0 Å². The molecule has 0 bridgehead atoms. The van der Waals surface area contributed by atoms with Gasteiger partial charge in [0.05, 0.1) is 32.3 Å². The number of nitrogens with zero attached hydrogens (tertiary/aromatic N) is 2. The Hall–Kier alpha value is -1.09. The van der Waals surface area contributed by atoms with Crippen LogP contribution in [0, 0.1) is 5.41 Å². The first-order valence-electron chi connectivity index (χ1n) is 11.6. The zero-order valence-electron chi connectivity index (χ0n) is 21.5. The van der Waals surface area contributed by atoms with Crippen molar-refractivity contribution in [2.24, 2.45) is 10.4 Å². The third kappa shape index (κ3) is 7.71. The number of methoxy groups -OCH3 is 1. The van der Waals surface area contributed by atoms with Crippen molar-refractivity contribution in [2.75, 3.05) is 39.2 Å². The number of thioether (sulfide) groups is 1. The highest BCUT2D eigenvalue weighted by Gasteiger charge is 2.56. The Morgan fingerprint density at radius 2 is 2.08 bits per heavy atom. The quantitative estimate of drug-likeness (QED) is 0.200. The van der Waals surface area contributed by atoms with Crippen LogP contribution in [-0.4, -0.2) is 107 Å². The zero-order chi connectivity index (χ0) is 27.3. The van der Waals surface area contributed by atoms with Crippen LogP contribution in [-0.2, 0) is 27.9 Å². The lowest BCUT2D eigenvalue weighted by Crippen LogP contribution is -2.55. The van der Waals surface area contributed by atoms with E-state index in [1.54, 1.807) is 27.7 Å². The number of nitrogens with one attached hydrogen (secondary N) is 1. The highest BCUT2D eigenvalue weighted by molar-refractivity contribution is 8.13. The number of urea groups is 1. The molecule has 2 heterocycles. The molecule has 4 N–H and O–H groups in total. The van der Waals surface area contributed by atoms with Crippen LogP contribution >= 0.6 is 19.5 Å². The summed E-state index contributed by atoms with van der Waals surface area (Å²) in [5.41, 5.74) is -2.76. The van der Waals surface area contributed by atoms with Gasteiger partial charge < -0.3 is 24.8 Å². The number of aliphatic hydroxyl groups is 3. The van der Waals surface area contributed by atoms with Crippen LogP contribution in [0.25, 0.3) is 0 Å². The standard InChI is InChI=1S/C21H38N3O10PS/c1-13(2)23-35(30,32-9-10-36-18(27)20(3,4)12-25)33-11-14-16(26)21(5,29)17(34-14)24-8-7-15(31-6)22-19(24)28/h13-14,16-17,25-26,29H,7-12H2,1-6H3,(H,23,30)/t14-,16-,17-,21-,35?/m1/s1. The summed E-state index contributed by atoms with van der Waals surface area (Å²) in [5.74, 6) is 0.433. The molecule has 0 spiro atoms. The summed E-state index contributed by atoms with van der Waals surface area (Å²) in [6.07, 6.45) is -3.50. The van der Waals surface area contributed by atoms with Gasteiger partial charge in [0, 0.05) is 24.8 Å². The molecule has 0 radical (unpaired) electrons. The number of ether oxygens (including phenoxy) is 2. The van der Waals surface area contributed by atoms with Gasteiger partial charge >= 0.3 is 13.8 Å². The summed E-state index contributed by atoms with van der Waals surface area (Å²) in [6, 6.07) is -0.966. The Morgan fingerprint density at radius 1 is 1.42 bits per heavy atom. The molecule has 2 aliphatic heterocycles. The van der Waals surface area contributed by atoms with Gasteiger partial charge in [-0.15, -0.1) is 0 Å². The molecule has 0 aromatic carbocycles. The molecule has 1 saturated heterocycles. The maximum Gasteiger partial charge on any atom is 0.405 e. The van der Waals surface area contributed by atoms with E-state index < -0.39 is 49.8 Å².